The molecule has 0 saturated carbocycles. The van der Waals surface area contributed by atoms with Crippen LogP contribution in [0.4, 0.5) is 0 Å². The van der Waals surface area contributed by atoms with Crippen LogP contribution in [0.5, 0.6) is 5.75 Å². The number of para-hydroxylation sites is 1. The van der Waals surface area contributed by atoms with Crippen LogP contribution in [0.25, 0.3) is 11.4 Å². The molecule has 7 heteroatoms. The first-order chi connectivity index (χ1) is 12.4. The minimum Gasteiger partial charge on any atom is -0.496 e. The Morgan fingerprint density at radius 3 is 2.58 bits per heavy atom. The predicted molar refractivity (Wildman–Crippen MR) is 103 cm³/mol. The molecule has 3 aromatic rings. The summed E-state index contributed by atoms with van der Waals surface area (Å²) in [5.74, 6) is 2.38. The number of aromatic nitrogens is 5. The van der Waals surface area contributed by atoms with Gasteiger partial charge >= 0.3 is 0 Å². The van der Waals surface area contributed by atoms with E-state index >= 15 is 0 Å². The minimum atomic E-state index is -0.0996. The molecule has 0 bridgehead atoms. The lowest BCUT2D eigenvalue weighted by atomic mass is 9.96. The summed E-state index contributed by atoms with van der Waals surface area (Å²) in [7, 11) is 1.66. The predicted octanol–water partition coefficient (Wildman–Crippen LogP) is 4.21. The summed E-state index contributed by atoms with van der Waals surface area (Å²) in [6.45, 7) is 9.13. The number of nitrogens with zero attached hydrogens (tertiary/aromatic N) is 5. The zero-order valence-electron chi connectivity index (χ0n) is 15.7. The Balaban J connectivity index is 1.97. The molecular formula is C19H23N5OS. The second-order valence-electron chi connectivity index (χ2n) is 6.82. The summed E-state index contributed by atoms with van der Waals surface area (Å²) >= 11 is 1.50. The molecule has 6 nitrogen and oxygen atoms in total. The maximum Gasteiger partial charge on any atom is 0.197 e. The van der Waals surface area contributed by atoms with E-state index in [1.165, 1.54) is 11.8 Å². The maximum atomic E-state index is 5.47. The number of methoxy groups -OCH3 is 1. The Morgan fingerprint density at radius 1 is 1.12 bits per heavy atom. The quantitative estimate of drug-likeness (QED) is 0.628. The van der Waals surface area contributed by atoms with Crippen LogP contribution in [0.2, 0.25) is 0 Å². The largest absolute Gasteiger partial charge is 0.496 e. The second kappa shape index (κ2) is 7.45. The van der Waals surface area contributed by atoms with Crippen molar-refractivity contribution in [2.75, 3.05) is 7.11 Å². The van der Waals surface area contributed by atoms with Crippen molar-refractivity contribution >= 4 is 11.8 Å². The van der Waals surface area contributed by atoms with E-state index in [2.05, 4.69) is 52.4 Å². The topological polar surface area (TPSA) is 65.7 Å². The first-order valence-corrected chi connectivity index (χ1v) is 9.33. The van der Waals surface area contributed by atoms with Gasteiger partial charge in [0.15, 0.2) is 11.0 Å². The molecule has 0 fully saturated rings. The average molecular weight is 369 g/mol. The van der Waals surface area contributed by atoms with Crippen LogP contribution in [-0.4, -0.2) is 31.8 Å². The lowest BCUT2D eigenvalue weighted by molar-refractivity contribution is 0.416. The van der Waals surface area contributed by atoms with E-state index in [1.807, 2.05) is 30.3 Å². The maximum absolute atomic E-state index is 5.47. The third kappa shape index (κ3) is 3.72. The van der Waals surface area contributed by atoms with Crippen LogP contribution in [0.1, 0.15) is 33.5 Å². The van der Waals surface area contributed by atoms with Crippen LogP contribution in [-0.2, 0) is 12.0 Å². The van der Waals surface area contributed by atoms with Crippen molar-refractivity contribution in [1.82, 2.24) is 24.7 Å². The molecule has 0 aliphatic carbocycles. The second-order valence-corrected chi connectivity index (χ2v) is 7.81. The number of hydrogen-bond donors (Lipinski definition) is 0. The summed E-state index contributed by atoms with van der Waals surface area (Å²) in [5, 5.41) is 10.4. The molecular weight excluding hydrogens is 346 g/mol. The van der Waals surface area contributed by atoms with Crippen molar-refractivity contribution in [3.8, 4) is 17.1 Å². The van der Waals surface area contributed by atoms with Crippen LogP contribution in [0.15, 0.2) is 46.7 Å². The van der Waals surface area contributed by atoms with Gasteiger partial charge in [-0.25, -0.2) is 9.97 Å². The van der Waals surface area contributed by atoms with Gasteiger partial charge in [-0.05, 0) is 36.9 Å². The fraction of sp³-hybridized carbons (Fsp3) is 0.368. The highest BCUT2D eigenvalue weighted by atomic mass is 32.2. The van der Waals surface area contributed by atoms with E-state index in [0.29, 0.717) is 0 Å². The van der Waals surface area contributed by atoms with Gasteiger partial charge in [-0.15, -0.1) is 10.2 Å². The van der Waals surface area contributed by atoms with Crippen LogP contribution < -0.4 is 4.74 Å². The van der Waals surface area contributed by atoms with Crippen molar-refractivity contribution < 1.29 is 4.74 Å². The van der Waals surface area contributed by atoms with Gasteiger partial charge in [-0.1, -0.05) is 32.9 Å². The Hall–Kier alpha value is -2.41. The molecule has 0 atom stereocenters. The summed E-state index contributed by atoms with van der Waals surface area (Å²) in [4.78, 5) is 9.06. The first-order valence-electron chi connectivity index (χ1n) is 8.52. The monoisotopic (exact) mass is 369 g/mol. The molecule has 1 aromatic carbocycles. The summed E-state index contributed by atoms with van der Waals surface area (Å²) in [6, 6.07) is 9.74. The van der Waals surface area contributed by atoms with Gasteiger partial charge < -0.3 is 9.30 Å². The van der Waals surface area contributed by atoms with Gasteiger partial charge in [0.05, 0.1) is 12.7 Å². The van der Waals surface area contributed by atoms with Gasteiger partial charge in [-0.3, -0.25) is 0 Å². The van der Waals surface area contributed by atoms with E-state index in [4.69, 9.17) is 4.74 Å². The molecule has 136 valence electrons. The molecule has 0 aliphatic heterocycles. The van der Waals surface area contributed by atoms with Gasteiger partial charge in [-0.2, -0.15) is 0 Å². The fourth-order valence-electron chi connectivity index (χ4n) is 2.53. The first kappa shape index (κ1) is 18.4. The van der Waals surface area contributed by atoms with Crippen molar-refractivity contribution in [2.24, 2.45) is 0 Å². The van der Waals surface area contributed by atoms with Gasteiger partial charge in [0, 0.05) is 18.2 Å². The molecule has 0 radical (unpaired) electrons. The minimum absolute atomic E-state index is 0.0996. The Kier molecular flexibility index (Phi) is 5.27. The van der Waals surface area contributed by atoms with Crippen molar-refractivity contribution in [1.29, 1.82) is 0 Å². The van der Waals surface area contributed by atoms with Crippen LogP contribution in [0.3, 0.4) is 0 Å². The molecule has 2 heterocycles. The number of hydrogen-bond acceptors (Lipinski definition) is 6. The van der Waals surface area contributed by atoms with Gasteiger partial charge in [0.2, 0.25) is 0 Å². The van der Waals surface area contributed by atoms with E-state index in [0.717, 1.165) is 39.7 Å². The molecule has 2 aromatic heterocycles. The number of benzene rings is 1. The summed E-state index contributed by atoms with van der Waals surface area (Å²) in [6.07, 6.45) is 1.80. The van der Waals surface area contributed by atoms with Crippen molar-refractivity contribution in [3.63, 3.8) is 0 Å². The van der Waals surface area contributed by atoms with E-state index in [-0.39, 0.29) is 5.41 Å². The molecule has 0 saturated heterocycles. The highest BCUT2D eigenvalue weighted by molar-refractivity contribution is 7.99. The van der Waals surface area contributed by atoms with Crippen LogP contribution >= 0.6 is 11.8 Å². The molecule has 0 amide bonds. The Labute approximate surface area is 158 Å². The molecule has 0 aliphatic rings. The lowest BCUT2D eigenvalue weighted by Crippen LogP contribution is -2.15. The molecule has 0 N–H and O–H groups in total. The number of rotatable bonds is 5. The summed E-state index contributed by atoms with van der Waals surface area (Å²) in [5.41, 5.74) is 0.826. The summed E-state index contributed by atoms with van der Waals surface area (Å²) < 4.78 is 7.54. The molecule has 3 rings (SSSR count). The average Bonchev–Trinajstić information content (AvgIpc) is 3.03. The molecule has 26 heavy (non-hydrogen) atoms. The van der Waals surface area contributed by atoms with E-state index in [9.17, 15) is 0 Å². The smallest absolute Gasteiger partial charge is 0.197 e. The standard InChI is InChI=1S/C19H23N5OS/c1-6-24-16(13-9-7-8-10-14(13)25-5)22-23-18(24)26-15-11-12-20-17(21-15)19(2,3)4/h7-12H,6H2,1-5H3. The third-order valence-corrected chi connectivity index (χ3v) is 4.80. The van der Waals surface area contributed by atoms with Crippen molar-refractivity contribution in [2.45, 2.75) is 49.8 Å². The molecule has 0 unspecified atom stereocenters. The normalized spacial score (nSPS) is 11.6. The zero-order valence-corrected chi connectivity index (χ0v) is 16.5. The Morgan fingerprint density at radius 2 is 1.88 bits per heavy atom. The van der Waals surface area contributed by atoms with Crippen molar-refractivity contribution in [3.05, 3.63) is 42.4 Å². The lowest BCUT2D eigenvalue weighted by Gasteiger charge is -2.16. The highest BCUT2D eigenvalue weighted by Gasteiger charge is 2.20. The third-order valence-electron chi connectivity index (χ3n) is 3.88. The van der Waals surface area contributed by atoms with E-state index < -0.39 is 0 Å². The zero-order chi connectivity index (χ0) is 18.7. The van der Waals surface area contributed by atoms with Crippen LogP contribution in [0, 0.1) is 0 Å². The number of ether oxygens (including phenoxy) is 1. The Bertz CT molecular complexity index is 901. The highest BCUT2D eigenvalue weighted by Crippen LogP contribution is 2.33. The SMILES string of the molecule is CCn1c(Sc2ccnc(C(C)(C)C)n2)nnc1-c1ccccc1OC. The fourth-order valence-corrected chi connectivity index (χ4v) is 3.39. The van der Waals surface area contributed by atoms with E-state index in [1.54, 1.807) is 13.3 Å². The van der Waals surface area contributed by atoms with Gasteiger partial charge in [0.1, 0.15) is 16.6 Å². The molecule has 0 spiro atoms. The van der Waals surface area contributed by atoms with Gasteiger partial charge in [0.25, 0.3) is 0 Å².